The number of benzene rings is 2. The van der Waals surface area contributed by atoms with Crippen molar-refractivity contribution in [3.05, 3.63) is 72.7 Å². The van der Waals surface area contributed by atoms with Crippen LogP contribution in [0.1, 0.15) is 5.56 Å². The van der Waals surface area contributed by atoms with Crippen molar-refractivity contribution in [2.24, 2.45) is 0 Å². The van der Waals surface area contributed by atoms with Crippen LogP contribution in [-0.4, -0.2) is 33.0 Å². The van der Waals surface area contributed by atoms with Gasteiger partial charge in [-0.05, 0) is 36.8 Å². The van der Waals surface area contributed by atoms with Crippen LogP contribution in [0.15, 0.2) is 67.1 Å². The third-order valence-electron chi connectivity index (χ3n) is 4.83. The summed E-state index contributed by atoms with van der Waals surface area (Å²) in [6.45, 7) is 2.11. The van der Waals surface area contributed by atoms with E-state index in [1.54, 1.807) is 12.3 Å². The molecular formula is C22H18N4O3. The zero-order chi connectivity index (χ0) is 19.8. The fourth-order valence-electron chi connectivity index (χ4n) is 3.25. The highest BCUT2D eigenvalue weighted by Gasteiger charge is 2.27. The number of nitrogens with zero attached hydrogens (tertiary/aromatic N) is 3. The minimum Gasteiger partial charge on any atom is -0.485 e. The van der Waals surface area contributed by atoms with Crippen LogP contribution in [0.5, 0.6) is 11.5 Å². The fourth-order valence-corrected chi connectivity index (χ4v) is 3.25. The molecule has 1 aliphatic heterocycles. The molecule has 0 fully saturated rings. The van der Waals surface area contributed by atoms with Crippen LogP contribution in [0, 0.1) is 6.92 Å². The van der Waals surface area contributed by atoms with Gasteiger partial charge in [-0.15, -0.1) is 0 Å². The molecule has 3 heterocycles. The highest BCUT2D eigenvalue weighted by molar-refractivity contribution is 5.96. The molecule has 0 spiro atoms. The lowest BCUT2D eigenvalue weighted by molar-refractivity contribution is -0.125. The second-order valence-corrected chi connectivity index (χ2v) is 6.84. The van der Waals surface area contributed by atoms with Crippen molar-refractivity contribution < 1.29 is 14.3 Å². The SMILES string of the molecule is Cc1ccc(-c2cn3cccnc3n2)cc1NC(=O)[C@@H]1COc2ccccc2O1. The van der Waals surface area contributed by atoms with E-state index in [2.05, 4.69) is 15.3 Å². The number of rotatable bonds is 3. The van der Waals surface area contributed by atoms with E-state index in [-0.39, 0.29) is 12.5 Å². The Morgan fingerprint density at radius 2 is 2.03 bits per heavy atom. The number of amides is 1. The smallest absolute Gasteiger partial charge is 0.269 e. The number of fused-ring (bicyclic) bond motifs is 2. The minimum atomic E-state index is -0.715. The molecule has 2 aromatic heterocycles. The van der Waals surface area contributed by atoms with Crippen molar-refractivity contribution in [1.82, 2.24) is 14.4 Å². The first kappa shape index (κ1) is 17.2. The molecule has 0 unspecified atom stereocenters. The van der Waals surface area contributed by atoms with E-state index in [9.17, 15) is 4.79 Å². The first-order valence-corrected chi connectivity index (χ1v) is 9.27. The van der Waals surface area contributed by atoms with Gasteiger partial charge in [0.05, 0.1) is 5.69 Å². The first-order chi connectivity index (χ1) is 14.2. The van der Waals surface area contributed by atoms with Crippen LogP contribution in [0.4, 0.5) is 5.69 Å². The number of ether oxygens (including phenoxy) is 2. The van der Waals surface area contributed by atoms with Crippen molar-refractivity contribution in [3.8, 4) is 22.8 Å². The Morgan fingerprint density at radius 1 is 1.17 bits per heavy atom. The fraction of sp³-hybridized carbons (Fsp3) is 0.136. The summed E-state index contributed by atoms with van der Waals surface area (Å²) in [4.78, 5) is 21.6. The summed E-state index contributed by atoms with van der Waals surface area (Å²) in [6, 6.07) is 15.0. The molecule has 7 heteroatoms. The van der Waals surface area contributed by atoms with E-state index in [4.69, 9.17) is 9.47 Å². The van der Waals surface area contributed by atoms with Crippen molar-refractivity contribution >= 4 is 17.4 Å². The maximum Gasteiger partial charge on any atom is 0.269 e. The van der Waals surface area contributed by atoms with E-state index in [0.717, 1.165) is 16.8 Å². The number of imidazole rings is 1. The van der Waals surface area contributed by atoms with Crippen LogP contribution in [0.25, 0.3) is 17.0 Å². The van der Waals surface area contributed by atoms with Crippen molar-refractivity contribution in [3.63, 3.8) is 0 Å². The van der Waals surface area contributed by atoms with Gasteiger partial charge in [0.15, 0.2) is 11.5 Å². The topological polar surface area (TPSA) is 77.8 Å². The number of aryl methyl sites for hydroxylation is 1. The van der Waals surface area contributed by atoms with Gasteiger partial charge in [-0.2, -0.15) is 0 Å². The van der Waals surface area contributed by atoms with E-state index >= 15 is 0 Å². The number of carbonyl (C=O) groups is 1. The molecule has 144 valence electrons. The Labute approximate surface area is 166 Å². The van der Waals surface area contributed by atoms with Gasteiger partial charge in [0.1, 0.15) is 6.61 Å². The summed E-state index contributed by atoms with van der Waals surface area (Å²) in [5.74, 6) is 1.59. The first-order valence-electron chi connectivity index (χ1n) is 9.27. The lowest BCUT2D eigenvalue weighted by Gasteiger charge is -2.25. The monoisotopic (exact) mass is 386 g/mol. The third-order valence-corrected chi connectivity index (χ3v) is 4.83. The summed E-state index contributed by atoms with van der Waals surface area (Å²) < 4.78 is 13.3. The predicted octanol–water partition coefficient (Wildman–Crippen LogP) is 3.48. The second-order valence-electron chi connectivity index (χ2n) is 6.84. The molecular weight excluding hydrogens is 368 g/mol. The van der Waals surface area contributed by atoms with Crippen LogP contribution >= 0.6 is 0 Å². The predicted molar refractivity (Wildman–Crippen MR) is 108 cm³/mol. The van der Waals surface area contributed by atoms with E-state index in [1.165, 1.54) is 0 Å². The van der Waals surface area contributed by atoms with Crippen LogP contribution < -0.4 is 14.8 Å². The van der Waals surface area contributed by atoms with Crippen LogP contribution in [0.2, 0.25) is 0 Å². The van der Waals surface area contributed by atoms with Gasteiger partial charge in [0.25, 0.3) is 5.91 Å². The van der Waals surface area contributed by atoms with Crippen molar-refractivity contribution in [1.29, 1.82) is 0 Å². The Bertz CT molecular complexity index is 1180. The van der Waals surface area contributed by atoms with Crippen molar-refractivity contribution in [2.75, 3.05) is 11.9 Å². The Hall–Kier alpha value is -3.87. The molecule has 1 atom stereocenters. The van der Waals surface area contributed by atoms with Crippen LogP contribution in [-0.2, 0) is 4.79 Å². The second kappa shape index (κ2) is 6.94. The third kappa shape index (κ3) is 3.27. The largest absolute Gasteiger partial charge is 0.485 e. The highest BCUT2D eigenvalue weighted by Crippen LogP contribution is 2.31. The molecule has 2 aromatic carbocycles. The Balaban J connectivity index is 1.38. The van der Waals surface area contributed by atoms with Gasteiger partial charge in [-0.25, -0.2) is 9.97 Å². The molecule has 4 aromatic rings. The summed E-state index contributed by atoms with van der Waals surface area (Å²) in [6.07, 6.45) is 4.80. The maximum atomic E-state index is 12.8. The lowest BCUT2D eigenvalue weighted by atomic mass is 10.1. The quantitative estimate of drug-likeness (QED) is 0.583. The standard InChI is InChI=1S/C22H18N4O3/c1-14-7-8-15(17-12-26-10-4-9-23-22(26)25-17)11-16(14)24-21(27)20-13-28-18-5-2-3-6-19(18)29-20/h2-12,20H,13H2,1H3,(H,24,27)/t20-/m0/s1. The summed E-state index contributed by atoms with van der Waals surface area (Å²) in [5, 5.41) is 2.96. The average molecular weight is 386 g/mol. The van der Waals surface area contributed by atoms with Gasteiger partial charge in [-0.3, -0.25) is 9.20 Å². The normalized spacial score (nSPS) is 15.3. The van der Waals surface area contributed by atoms with Gasteiger partial charge in [0.2, 0.25) is 11.9 Å². The highest BCUT2D eigenvalue weighted by atomic mass is 16.6. The number of nitrogens with one attached hydrogen (secondary N) is 1. The number of para-hydroxylation sites is 2. The number of hydrogen-bond donors (Lipinski definition) is 1. The molecule has 1 N–H and O–H groups in total. The van der Waals surface area contributed by atoms with Crippen molar-refractivity contribution in [2.45, 2.75) is 13.0 Å². The van der Waals surface area contributed by atoms with E-state index < -0.39 is 6.10 Å². The van der Waals surface area contributed by atoms with Gasteiger partial charge < -0.3 is 14.8 Å². The minimum absolute atomic E-state index is 0.166. The number of aromatic nitrogens is 3. The molecule has 1 aliphatic rings. The summed E-state index contributed by atoms with van der Waals surface area (Å²) in [7, 11) is 0. The zero-order valence-electron chi connectivity index (χ0n) is 15.7. The van der Waals surface area contributed by atoms with Gasteiger partial charge in [0, 0.05) is 29.8 Å². The molecule has 7 nitrogen and oxygen atoms in total. The molecule has 0 aliphatic carbocycles. The van der Waals surface area contributed by atoms with Gasteiger partial charge >= 0.3 is 0 Å². The average Bonchev–Trinajstić information content (AvgIpc) is 3.19. The number of carbonyl (C=O) groups excluding carboxylic acids is 1. The Morgan fingerprint density at radius 3 is 2.90 bits per heavy atom. The lowest BCUT2D eigenvalue weighted by Crippen LogP contribution is -2.40. The zero-order valence-corrected chi connectivity index (χ0v) is 15.7. The van der Waals surface area contributed by atoms with E-state index in [1.807, 2.05) is 66.2 Å². The number of hydrogen-bond acceptors (Lipinski definition) is 5. The van der Waals surface area contributed by atoms with E-state index in [0.29, 0.717) is 23.0 Å². The maximum absolute atomic E-state index is 12.8. The molecule has 0 saturated carbocycles. The molecule has 0 bridgehead atoms. The molecule has 5 rings (SSSR count). The van der Waals surface area contributed by atoms with Gasteiger partial charge in [-0.1, -0.05) is 24.3 Å². The summed E-state index contributed by atoms with van der Waals surface area (Å²) in [5.41, 5.74) is 3.33. The number of anilines is 1. The molecule has 0 saturated heterocycles. The van der Waals surface area contributed by atoms with Crippen LogP contribution in [0.3, 0.4) is 0 Å². The Kier molecular flexibility index (Phi) is 4.13. The molecule has 1 amide bonds. The summed E-state index contributed by atoms with van der Waals surface area (Å²) >= 11 is 0. The molecule has 0 radical (unpaired) electrons. The molecule has 29 heavy (non-hydrogen) atoms.